The van der Waals surface area contributed by atoms with Gasteiger partial charge in [-0.15, -0.1) is 0 Å². The Morgan fingerprint density at radius 2 is 2.13 bits per heavy atom. The maximum atomic E-state index is 4.44. The molecule has 1 saturated carbocycles. The summed E-state index contributed by atoms with van der Waals surface area (Å²) in [7, 11) is 1.99. The standard InChI is InChI=1S/C12H21N3/c1-9-6-4-5-7-11(9)13-12-8-10(2)15(3)14-12/h8-9,11H,4-7H2,1-3H3,(H,13,14). The normalized spacial score (nSPS) is 26.6. The van der Waals surface area contributed by atoms with Crippen LogP contribution < -0.4 is 5.32 Å². The van der Waals surface area contributed by atoms with Crippen molar-refractivity contribution in [3.63, 3.8) is 0 Å². The van der Waals surface area contributed by atoms with Crippen molar-refractivity contribution in [1.82, 2.24) is 9.78 Å². The van der Waals surface area contributed by atoms with E-state index in [0.717, 1.165) is 11.7 Å². The van der Waals surface area contributed by atoms with Gasteiger partial charge in [0.15, 0.2) is 0 Å². The zero-order valence-corrected chi connectivity index (χ0v) is 9.95. The van der Waals surface area contributed by atoms with Gasteiger partial charge in [0.05, 0.1) is 0 Å². The van der Waals surface area contributed by atoms with Crippen molar-refractivity contribution in [3.05, 3.63) is 11.8 Å². The molecular formula is C12H21N3. The summed E-state index contributed by atoms with van der Waals surface area (Å²) in [5.74, 6) is 1.81. The van der Waals surface area contributed by atoms with E-state index in [4.69, 9.17) is 0 Å². The average molecular weight is 207 g/mol. The quantitative estimate of drug-likeness (QED) is 0.808. The summed E-state index contributed by atoms with van der Waals surface area (Å²) < 4.78 is 1.93. The second-order valence-corrected chi connectivity index (χ2v) is 4.81. The number of hydrogen-bond donors (Lipinski definition) is 1. The zero-order valence-electron chi connectivity index (χ0n) is 9.95. The Morgan fingerprint density at radius 3 is 2.73 bits per heavy atom. The Hall–Kier alpha value is -0.990. The molecule has 3 heteroatoms. The van der Waals surface area contributed by atoms with Crippen LogP contribution in [-0.2, 0) is 7.05 Å². The molecule has 0 spiro atoms. The molecule has 1 aromatic heterocycles. The van der Waals surface area contributed by atoms with E-state index in [0.29, 0.717) is 6.04 Å². The molecule has 1 heterocycles. The van der Waals surface area contributed by atoms with E-state index in [9.17, 15) is 0 Å². The van der Waals surface area contributed by atoms with Gasteiger partial charge in [0.25, 0.3) is 0 Å². The van der Waals surface area contributed by atoms with Gasteiger partial charge in [-0.05, 0) is 25.7 Å². The topological polar surface area (TPSA) is 29.9 Å². The Labute approximate surface area is 91.9 Å². The van der Waals surface area contributed by atoms with Crippen molar-refractivity contribution in [3.8, 4) is 0 Å². The molecule has 1 aliphatic carbocycles. The molecule has 3 nitrogen and oxygen atoms in total. The average Bonchev–Trinajstić information content (AvgIpc) is 2.50. The molecule has 0 radical (unpaired) electrons. The number of nitrogens with one attached hydrogen (secondary N) is 1. The van der Waals surface area contributed by atoms with Crippen molar-refractivity contribution in [2.75, 3.05) is 5.32 Å². The molecule has 0 saturated heterocycles. The van der Waals surface area contributed by atoms with Crippen LogP contribution in [0.5, 0.6) is 0 Å². The van der Waals surface area contributed by atoms with Crippen LogP contribution in [0.4, 0.5) is 5.82 Å². The number of aromatic nitrogens is 2. The maximum Gasteiger partial charge on any atom is 0.148 e. The molecule has 84 valence electrons. The highest BCUT2D eigenvalue weighted by Crippen LogP contribution is 2.26. The van der Waals surface area contributed by atoms with Crippen molar-refractivity contribution in [1.29, 1.82) is 0 Å². The molecule has 2 atom stereocenters. The summed E-state index contributed by atoms with van der Waals surface area (Å²) in [5.41, 5.74) is 1.21. The Kier molecular flexibility index (Phi) is 2.98. The van der Waals surface area contributed by atoms with Crippen LogP contribution in [0.25, 0.3) is 0 Å². The number of aryl methyl sites for hydroxylation is 2. The summed E-state index contributed by atoms with van der Waals surface area (Å²) in [6, 6.07) is 2.74. The van der Waals surface area contributed by atoms with Crippen LogP contribution in [0.3, 0.4) is 0 Å². The summed E-state index contributed by atoms with van der Waals surface area (Å²) >= 11 is 0. The molecule has 1 fully saturated rings. The van der Waals surface area contributed by atoms with Crippen molar-refractivity contribution in [2.45, 2.75) is 45.6 Å². The second-order valence-electron chi connectivity index (χ2n) is 4.81. The molecule has 15 heavy (non-hydrogen) atoms. The van der Waals surface area contributed by atoms with Gasteiger partial charge < -0.3 is 5.32 Å². The van der Waals surface area contributed by atoms with Gasteiger partial charge in [-0.3, -0.25) is 4.68 Å². The van der Waals surface area contributed by atoms with E-state index in [1.807, 2.05) is 11.7 Å². The number of hydrogen-bond acceptors (Lipinski definition) is 2. The van der Waals surface area contributed by atoms with Gasteiger partial charge in [0, 0.05) is 24.8 Å². The first-order chi connectivity index (χ1) is 7.16. The molecule has 1 N–H and O–H groups in total. The van der Waals surface area contributed by atoms with Crippen LogP contribution in [0, 0.1) is 12.8 Å². The fourth-order valence-electron chi connectivity index (χ4n) is 2.35. The first-order valence-corrected chi connectivity index (χ1v) is 5.94. The summed E-state index contributed by atoms with van der Waals surface area (Å²) in [4.78, 5) is 0. The van der Waals surface area contributed by atoms with Crippen molar-refractivity contribution in [2.24, 2.45) is 13.0 Å². The van der Waals surface area contributed by atoms with E-state index in [1.54, 1.807) is 0 Å². The van der Waals surface area contributed by atoms with Gasteiger partial charge in [-0.2, -0.15) is 5.10 Å². The lowest BCUT2D eigenvalue weighted by molar-refractivity contribution is 0.349. The first kappa shape index (κ1) is 10.5. The van der Waals surface area contributed by atoms with Gasteiger partial charge in [0.1, 0.15) is 5.82 Å². The predicted molar refractivity (Wildman–Crippen MR) is 63.0 cm³/mol. The molecule has 2 unspecified atom stereocenters. The van der Waals surface area contributed by atoms with E-state index in [1.165, 1.54) is 31.4 Å². The third kappa shape index (κ3) is 2.33. The number of rotatable bonds is 2. The number of nitrogens with zero attached hydrogens (tertiary/aromatic N) is 2. The van der Waals surface area contributed by atoms with Crippen LogP contribution in [0.1, 0.15) is 38.3 Å². The molecule has 2 rings (SSSR count). The largest absolute Gasteiger partial charge is 0.366 e. The highest BCUT2D eigenvalue weighted by atomic mass is 15.3. The van der Waals surface area contributed by atoms with Crippen molar-refractivity contribution >= 4 is 5.82 Å². The molecule has 0 amide bonds. The second kappa shape index (κ2) is 4.25. The van der Waals surface area contributed by atoms with E-state index in [-0.39, 0.29) is 0 Å². The van der Waals surface area contributed by atoms with Gasteiger partial charge in [0.2, 0.25) is 0 Å². The third-order valence-electron chi connectivity index (χ3n) is 3.56. The molecular weight excluding hydrogens is 186 g/mol. The highest BCUT2D eigenvalue weighted by Gasteiger charge is 2.21. The Balaban J connectivity index is 2.01. The lowest BCUT2D eigenvalue weighted by Crippen LogP contribution is -2.30. The van der Waals surface area contributed by atoms with E-state index in [2.05, 4.69) is 30.3 Å². The summed E-state index contributed by atoms with van der Waals surface area (Å²) in [6.45, 7) is 4.43. The van der Waals surface area contributed by atoms with Gasteiger partial charge >= 0.3 is 0 Å². The smallest absolute Gasteiger partial charge is 0.148 e. The Bertz CT molecular complexity index is 310. The van der Waals surface area contributed by atoms with Gasteiger partial charge in [-0.25, -0.2) is 0 Å². The Morgan fingerprint density at radius 1 is 1.40 bits per heavy atom. The molecule has 0 aromatic carbocycles. The zero-order chi connectivity index (χ0) is 10.8. The van der Waals surface area contributed by atoms with Crippen LogP contribution >= 0.6 is 0 Å². The molecule has 0 bridgehead atoms. The lowest BCUT2D eigenvalue weighted by atomic mass is 9.86. The summed E-state index contributed by atoms with van der Waals surface area (Å²) in [6.07, 6.45) is 5.38. The van der Waals surface area contributed by atoms with E-state index < -0.39 is 0 Å². The molecule has 0 aliphatic heterocycles. The predicted octanol–water partition coefficient (Wildman–Crippen LogP) is 2.72. The molecule has 1 aromatic rings. The highest BCUT2D eigenvalue weighted by molar-refractivity contribution is 5.36. The third-order valence-corrected chi connectivity index (χ3v) is 3.56. The minimum Gasteiger partial charge on any atom is -0.366 e. The van der Waals surface area contributed by atoms with Crippen molar-refractivity contribution < 1.29 is 0 Å². The minimum absolute atomic E-state index is 0.619. The monoisotopic (exact) mass is 207 g/mol. The van der Waals surface area contributed by atoms with E-state index >= 15 is 0 Å². The maximum absolute atomic E-state index is 4.44. The van der Waals surface area contributed by atoms with Gasteiger partial charge in [-0.1, -0.05) is 19.8 Å². The van der Waals surface area contributed by atoms with Crippen LogP contribution in [0.2, 0.25) is 0 Å². The molecule has 1 aliphatic rings. The van der Waals surface area contributed by atoms with Crippen LogP contribution in [0.15, 0.2) is 6.07 Å². The first-order valence-electron chi connectivity index (χ1n) is 5.94. The SMILES string of the molecule is Cc1cc(NC2CCCCC2C)nn1C. The minimum atomic E-state index is 0.619. The fourth-order valence-corrected chi connectivity index (χ4v) is 2.35. The lowest BCUT2D eigenvalue weighted by Gasteiger charge is -2.29. The fraction of sp³-hybridized carbons (Fsp3) is 0.750. The summed E-state index contributed by atoms with van der Waals surface area (Å²) in [5, 5.41) is 8.00. The van der Waals surface area contributed by atoms with Crippen LogP contribution in [-0.4, -0.2) is 15.8 Å². The number of anilines is 1.